The van der Waals surface area contributed by atoms with E-state index in [2.05, 4.69) is 0 Å². The lowest BCUT2D eigenvalue weighted by molar-refractivity contribution is 0.115. The highest BCUT2D eigenvalue weighted by Crippen LogP contribution is 2.36. The lowest BCUT2D eigenvalue weighted by Crippen LogP contribution is -2.32. The topological polar surface area (TPSA) is 56.8 Å². The molecule has 0 bridgehead atoms. The van der Waals surface area contributed by atoms with Crippen LogP contribution in [-0.2, 0) is 0 Å². The van der Waals surface area contributed by atoms with Crippen molar-refractivity contribution in [2.75, 3.05) is 12.8 Å². The molecule has 2 N–H and O–H groups in total. The standard InChI is InChI=1S/C17H17ClN2O2/c1-17(2)20-16(12-6-4-10(18)8-14(12)21-3)13-7-5-11(19)9-15(13)22-17/h4-9H,19H2,1-3H3. The Morgan fingerprint density at radius 2 is 1.86 bits per heavy atom. The van der Waals surface area contributed by atoms with Gasteiger partial charge in [0.1, 0.15) is 11.5 Å². The number of rotatable bonds is 2. The van der Waals surface area contributed by atoms with Crippen molar-refractivity contribution in [1.29, 1.82) is 0 Å². The van der Waals surface area contributed by atoms with Gasteiger partial charge in [0.05, 0.1) is 12.8 Å². The average Bonchev–Trinajstić information content (AvgIpc) is 2.44. The maximum absolute atomic E-state index is 6.05. The number of aliphatic imine (C=N–C) groups is 1. The van der Waals surface area contributed by atoms with E-state index in [0.717, 1.165) is 16.8 Å². The van der Waals surface area contributed by atoms with Gasteiger partial charge in [0.25, 0.3) is 0 Å². The first-order chi connectivity index (χ1) is 10.4. The van der Waals surface area contributed by atoms with Crippen molar-refractivity contribution in [1.82, 2.24) is 0 Å². The zero-order chi connectivity index (χ0) is 15.9. The highest BCUT2D eigenvalue weighted by Gasteiger charge is 2.30. The van der Waals surface area contributed by atoms with E-state index in [1.165, 1.54) is 0 Å². The Kier molecular flexibility index (Phi) is 3.49. The molecule has 0 aromatic heterocycles. The minimum Gasteiger partial charge on any atom is -0.496 e. The smallest absolute Gasteiger partial charge is 0.195 e. The molecule has 0 fully saturated rings. The molecule has 0 spiro atoms. The van der Waals surface area contributed by atoms with E-state index < -0.39 is 5.72 Å². The minimum absolute atomic E-state index is 0.616. The third-order valence-electron chi connectivity index (χ3n) is 3.42. The summed E-state index contributed by atoms with van der Waals surface area (Å²) < 4.78 is 11.4. The monoisotopic (exact) mass is 316 g/mol. The molecule has 0 saturated carbocycles. The van der Waals surface area contributed by atoms with Gasteiger partial charge in [-0.3, -0.25) is 0 Å². The number of hydrogen-bond acceptors (Lipinski definition) is 4. The third kappa shape index (κ3) is 2.62. The molecule has 0 radical (unpaired) electrons. The number of nitrogen functional groups attached to an aromatic ring is 1. The Labute approximate surface area is 134 Å². The third-order valence-corrected chi connectivity index (χ3v) is 3.66. The molecule has 1 aliphatic rings. The molecule has 3 rings (SSSR count). The molecule has 0 aliphatic carbocycles. The summed E-state index contributed by atoms with van der Waals surface area (Å²) in [6, 6.07) is 11.1. The molecule has 0 atom stereocenters. The number of halogens is 1. The Bertz CT molecular complexity index is 769. The first-order valence-corrected chi connectivity index (χ1v) is 7.30. The van der Waals surface area contributed by atoms with Gasteiger partial charge < -0.3 is 15.2 Å². The Balaban J connectivity index is 2.23. The highest BCUT2D eigenvalue weighted by molar-refractivity contribution is 6.31. The summed E-state index contributed by atoms with van der Waals surface area (Å²) in [6.45, 7) is 3.81. The summed E-state index contributed by atoms with van der Waals surface area (Å²) in [4.78, 5) is 4.72. The lowest BCUT2D eigenvalue weighted by Gasteiger charge is -2.30. The van der Waals surface area contributed by atoms with E-state index in [9.17, 15) is 0 Å². The molecule has 0 unspecified atom stereocenters. The van der Waals surface area contributed by atoms with E-state index in [1.807, 2.05) is 44.2 Å². The van der Waals surface area contributed by atoms with Gasteiger partial charge in [0.15, 0.2) is 5.72 Å². The molecule has 22 heavy (non-hydrogen) atoms. The zero-order valence-corrected chi connectivity index (χ0v) is 13.4. The maximum Gasteiger partial charge on any atom is 0.195 e. The second-order valence-electron chi connectivity index (χ2n) is 5.61. The average molecular weight is 317 g/mol. The van der Waals surface area contributed by atoms with Gasteiger partial charge in [-0.2, -0.15) is 0 Å². The van der Waals surface area contributed by atoms with E-state index in [0.29, 0.717) is 22.2 Å². The number of anilines is 1. The van der Waals surface area contributed by atoms with Gasteiger partial charge >= 0.3 is 0 Å². The SMILES string of the molecule is COc1cc(Cl)ccc1C1=NC(C)(C)Oc2cc(N)ccc21. The maximum atomic E-state index is 6.05. The Morgan fingerprint density at radius 1 is 1.14 bits per heavy atom. The summed E-state index contributed by atoms with van der Waals surface area (Å²) in [5.74, 6) is 1.39. The van der Waals surface area contributed by atoms with Crippen molar-refractivity contribution in [2.24, 2.45) is 4.99 Å². The van der Waals surface area contributed by atoms with Crippen molar-refractivity contribution >= 4 is 23.0 Å². The molecule has 0 saturated heterocycles. The number of benzene rings is 2. The van der Waals surface area contributed by atoms with Crippen LogP contribution in [0.15, 0.2) is 41.4 Å². The largest absolute Gasteiger partial charge is 0.496 e. The fourth-order valence-corrected chi connectivity index (χ4v) is 2.67. The number of nitrogens with two attached hydrogens (primary N) is 1. The molecule has 0 amide bonds. The molecule has 2 aromatic carbocycles. The van der Waals surface area contributed by atoms with Crippen LogP contribution < -0.4 is 15.2 Å². The fraction of sp³-hybridized carbons (Fsp3) is 0.235. The fourth-order valence-electron chi connectivity index (χ4n) is 2.51. The van der Waals surface area contributed by atoms with Crippen molar-refractivity contribution < 1.29 is 9.47 Å². The summed E-state index contributed by atoms with van der Waals surface area (Å²) >= 11 is 6.05. The van der Waals surface area contributed by atoms with Gasteiger partial charge in [0.2, 0.25) is 0 Å². The molecule has 1 aliphatic heterocycles. The minimum atomic E-state index is -0.680. The van der Waals surface area contributed by atoms with Crippen molar-refractivity contribution in [3.8, 4) is 11.5 Å². The summed E-state index contributed by atoms with van der Waals surface area (Å²) in [7, 11) is 1.62. The van der Waals surface area contributed by atoms with Gasteiger partial charge in [-0.15, -0.1) is 0 Å². The number of fused-ring (bicyclic) bond motifs is 1. The van der Waals surface area contributed by atoms with Gasteiger partial charge in [0, 0.05) is 27.9 Å². The highest BCUT2D eigenvalue weighted by atomic mass is 35.5. The molecule has 114 valence electrons. The Hall–Kier alpha value is -2.20. The van der Waals surface area contributed by atoms with Gasteiger partial charge in [-0.1, -0.05) is 11.6 Å². The number of methoxy groups -OCH3 is 1. The second kappa shape index (κ2) is 5.21. The van der Waals surface area contributed by atoms with E-state index >= 15 is 0 Å². The van der Waals surface area contributed by atoms with Crippen LogP contribution in [0.2, 0.25) is 5.02 Å². The van der Waals surface area contributed by atoms with Crippen LogP contribution in [0, 0.1) is 0 Å². The van der Waals surface area contributed by atoms with Crippen molar-refractivity contribution in [3.63, 3.8) is 0 Å². The Morgan fingerprint density at radius 3 is 2.59 bits per heavy atom. The van der Waals surface area contributed by atoms with Crippen LogP contribution in [0.4, 0.5) is 5.69 Å². The number of hydrogen-bond donors (Lipinski definition) is 1. The van der Waals surface area contributed by atoms with Crippen molar-refractivity contribution in [3.05, 3.63) is 52.5 Å². The van der Waals surface area contributed by atoms with Crippen LogP contribution in [-0.4, -0.2) is 18.5 Å². The van der Waals surface area contributed by atoms with Crippen LogP contribution in [0.25, 0.3) is 0 Å². The first kappa shape index (κ1) is 14.7. The second-order valence-corrected chi connectivity index (χ2v) is 6.05. The summed E-state index contributed by atoms with van der Waals surface area (Å²) in [5, 5.41) is 0.616. The van der Waals surface area contributed by atoms with Crippen LogP contribution in [0.1, 0.15) is 25.0 Å². The molecule has 1 heterocycles. The number of ether oxygens (including phenoxy) is 2. The van der Waals surface area contributed by atoms with Crippen LogP contribution >= 0.6 is 11.6 Å². The van der Waals surface area contributed by atoms with E-state index in [1.54, 1.807) is 13.2 Å². The lowest BCUT2D eigenvalue weighted by atomic mass is 9.98. The van der Waals surface area contributed by atoms with Crippen LogP contribution in [0.3, 0.4) is 0 Å². The number of nitrogens with zero attached hydrogens (tertiary/aromatic N) is 1. The van der Waals surface area contributed by atoms with Crippen molar-refractivity contribution in [2.45, 2.75) is 19.6 Å². The van der Waals surface area contributed by atoms with E-state index in [4.69, 9.17) is 31.8 Å². The summed E-state index contributed by atoms with van der Waals surface area (Å²) in [5.41, 5.74) is 8.40. The molecule has 2 aromatic rings. The molecule has 5 heteroatoms. The first-order valence-electron chi connectivity index (χ1n) is 6.92. The van der Waals surface area contributed by atoms with Gasteiger partial charge in [-0.25, -0.2) is 4.99 Å². The summed E-state index contributed by atoms with van der Waals surface area (Å²) in [6.07, 6.45) is 0. The predicted molar refractivity (Wildman–Crippen MR) is 89.2 cm³/mol. The molecular formula is C17H17ClN2O2. The molecular weight excluding hydrogens is 300 g/mol. The quantitative estimate of drug-likeness (QED) is 0.855. The predicted octanol–water partition coefficient (Wildman–Crippen LogP) is 3.90. The normalized spacial score (nSPS) is 15.5. The van der Waals surface area contributed by atoms with Gasteiger partial charge in [-0.05, 0) is 44.2 Å². The molecule has 4 nitrogen and oxygen atoms in total. The van der Waals surface area contributed by atoms with Crippen LogP contribution in [0.5, 0.6) is 11.5 Å². The van der Waals surface area contributed by atoms with E-state index in [-0.39, 0.29) is 0 Å². The zero-order valence-electron chi connectivity index (χ0n) is 12.7.